The summed E-state index contributed by atoms with van der Waals surface area (Å²) >= 11 is 0. The van der Waals surface area contributed by atoms with Gasteiger partial charge >= 0.3 is 0 Å². The molecule has 0 aliphatic heterocycles. The molecule has 0 bridgehead atoms. The number of hydrogen-bond donors (Lipinski definition) is 1. The van der Waals surface area contributed by atoms with E-state index in [0.29, 0.717) is 28.9 Å². The van der Waals surface area contributed by atoms with E-state index in [0.717, 1.165) is 5.56 Å². The van der Waals surface area contributed by atoms with Gasteiger partial charge < -0.3 is 19.5 Å². The molecule has 5 nitrogen and oxygen atoms in total. The molecule has 0 spiro atoms. The lowest BCUT2D eigenvalue weighted by Gasteiger charge is -2.14. The number of ether oxygens (including phenoxy) is 3. The van der Waals surface area contributed by atoms with Gasteiger partial charge in [0.25, 0.3) is 5.91 Å². The van der Waals surface area contributed by atoms with Crippen LogP contribution >= 0.6 is 0 Å². The Morgan fingerprint density at radius 1 is 1.04 bits per heavy atom. The number of amides is 1. The summed E-state index contributed by atoms with van der Waals surface area (Å²) in [6.45, 7) is 6.10. The lowest BCUT2D eigenvalue weighted by atomic mass is 10.0. The van der Waals surface area contributed by atoms with Crippen molar-refractivity contribution in [1.82, 2.24) is 0 Å². The van der Waals surface area contributed by atoms with Crippen LogP contribution in [0.15, 0.2) is 36.4 Å². The summed E-state index contributed by atoms with van der Waals surface area (Å²) in [5.41, 5.74) is 2.78. The maximum absolute atomic E-state index is 12.2. The Bertz CT molecular complexity index is 723. The van der Waals surface area contributed by atoms with E-state index in [9.17, 15) is 4.79 Å². The highest BCUT2D eigenvalue weighted by Crippen LogP contribution is 2.32. The van der Waals surface area contributed by atoms with Crippen molar-refractivity contribution in [2.75, 3.05) is 26.1 Å². The van der Waals surface area contributed by atoms with Gasteiger partial charge in [-0.05, 0) is 42.2 Å². The molecule has 0 fully saturated rings. The Morgan fingerprint density at radius 2 is 1.64 bits per heavy atom. The van der Waals surface area contributed by atoms with E-state index in [1.165, 1.54) is 5.56 Å². The Balaban J connectivity index is 1.98. The van der Waals surface area contributed by atoms with Crippen molar-refractivity contribution in [2.45, 2.75) is 26.7 Å². The molecule has 0 saturated carbocycles. The molecule has 0 aromatic heterocycles. The van der Waals surface area contributed by atoms with E-state index in [2.05, 4.69) is 19.2 Å². The van der Waals surface area contributed by atoms with Crippen molar-refractivity contribution in [3.05, 3.63) is 47.5 Å². The van der Waals surface area contributed by atoms with Gasteiger partial charge in [0.1, 0.15) is 5.75 Å². The molecule has 0 atom stereocenters. The second kappa shape index (κ2) is 8.42. The van der Waals surface area contributed by atoms with Crippen molar-refractivity contribution >= 4 is 11.6 Å². The normalized spacial score (nSPS) is 10.5. The Kier molecular flexibility index (Phi) is 6.28. The number of hydrogen-bond acceptors (Lipinski definition) is 4. The van der Waals surface area contributed by atoms with Gasteiger partial charge in [-0.1, -0.05) is 26.0 Å². The summed E-state index contributed by atoms with van der Waals surface area (Å²) in [6, 6.07) is 11.3. The van der Waals surface area contributed by atoms with Crippen LogP contribution in [0, 0.1) is 6.92 Å². The van der Waals surface area contributed by atoms with Gasteiger partial charge in [0.15, 0.2) is 18.1 Å². The molecule has 0 unspecified atom stereocenters. The zero-order valence-corrected chi connectivity index (χ0v) is 15.4. The van der Waals surface area contributed by atoms with Crippen molar-refractivity contribution in [3.8, 4) is 17.2 Å². The number of nitrogens with one attached hydrogen (secondary N) is 1. The first-order chi connectivity index (χ1) is 11.9. The predicted molar refractivity (Wildman–Crippen MR) is 98.9 cm³/mol. The van der Waals surface area contributed by atoms with Gasteiger partial charge in [0.2, 0.25) is 0 Å². The van der Waals surface area contributed by atoms with Crippen LogP contribution < -0.4 is 19.5 Å². The first-order valence-electron chi connectivity index (χ1n) is 8.19. The summed E-state index contributed by atoms with van der Waals surface area (Å²) < 4.78 is 16.1. The first kappa shape index (κ1) is 18.6. The Morgan fingerprint density at radius 3 is 2.20 bits per heavy atom. The van der Waals surface area contributed by atoms with E-state index < -0.39 is 0 Å². The lowest BCUT2D eigenvalue weighted by molar-refractivity contribution is -0.118. The van der Waals surface area contributed by atoms with Crippen LogP contribution in [0.1, 0.15) is 30.9 Å². The van der Waals surface area contributed by atoms with E-state index in [1.807, 2.05) is 37.3 Å². The lowest BCUT2D eigenvalue weighted by Crippen LogP contribution is -2.20. The number of carbonyl (C=O) groups excluding carboxylic acids is 1. The molecular formula is C20H25NO4. The van der Waals surface area contributed by atoms with E-state index in [4.69, 9.17) is 14.2 Å². The molecule has 0 aliphatic carbocycles. The molecule has 25 heavy (non-hydrogen) atoms. The molecule has 0 radical (unpaired) electrons. The van der Waals surface area contributed by atoms with Crippen LogP contribution in [0.3, 0.4) is 0 Å². The summed E-state index contributed by atoms with van der Waals surface area (Å²) in [5.74, 6) is 2.09. The van der Waals surface area contributed by atoms with Gasteiger partial charge in [-0.3, -0.25) is 4.79 Å². The van der Waals surface area contributed by atoms with Crippen molar-refractivity contribution < 1.29 is 19.0 Å². The van der Waals surface area contributed by atoms with Crippen LogP contribution in [0.25, 0.3) is 0 Å². The van der Waals surface area contributed by atoms with Gasteiger partial charge in [0.05, 0.1) is 14.2 Å². The number of methoxy groups -OCH3 is 2. The fourth-order valence-corrected chi connectivity index (χ4v) is 2.40. The van der Waals surface area contributed by atoms with Crippen molar-refractivity contribution in [3.63, 3.8) is 0 Å². The maximum Gasteiger partial charge on any atom is 0.262 e. The average Bonchev–Trinajstić information content (AvgIpc) is 2.61. The maximum atomic E-state index is 12.2. The second-order valence-electron chi connectivity index (χ2n) is 6.08. The predicted octanol–water partition coefficient (Wildman–Crippen LogP) is 4.15. The molecule has 134 valence electrons. The summed E-state index contributed by atoms with van der Waals surface area (Å²) in [4.78, 5) is 12.2. The molecular weight excluding hydrogens is 318 g/mol. The van der Waals surface area contributed by atoms with Gasteiger partial charge in [-0.2, -0.15) is 0 Å². The monoisotopic (exact) mass is 343 g/mol. The highest BCUT2D eigenvalue weighted by atomic mass is 16.5. The number of aryl methyl sites for hydroxylation is 1. The van der Waals surface area contributed by atoms with Crippen LogP contribution in [-0.4, -0.2) is 26.7 Å². The SMILES string of the molecule is COc1cc(C)c(NC(=O)COc2ccc(C(C)C)cc2)cc1OC. The topological polar surface area (TPSA) is 56.8 Å². The highest BCUT2D eigenvalue weighted by Gasteiger charge is 2.11. The molecule has 1 N–H and O–H groups in total. The van der Waals surface area contributed by atoms with E-state index >= 15 is 0 Å². The van der Waals surface area contributed by atoms with Gasteiger partial charge in [-0.15, -0.1) is 0 Å². The highest BCUT2D eigenvalue weighted by molar-refractivity contribution is 5.93. The molecule has 1 amide bonds. The molecule has 0 aliphatic rings. The van der Waals surface area contributed by atoms with Crippen LogP contribution in [0.2, 0.25) is 0 Å². The molecule has 2 aromatic rings. The van der Waals surface area contributed by atoms with Crippen LogP contribution in [-0.2, 0) is 4.79 Å². The number of rotatable bonds is 7. The third-order valence-corrected chi connectivity index (χ3v) is 3.92. The summed E-state index contributed by atoms with van der Waals surface area (Å²) in [7, 11) is 3.14. The zero-order valence-electron chi connectivity index (χ0n) is 15.4. The second-order valence-corrected chi connectivity index (χ2v) is 6.08. The third-order valence-electron chi connectivity index (χ3n) is 3.92. The number of anilines is 1. The summed E-state index contributed by atoms with van der Waals surface area (Å²) in [6.07, 6.45) is 0. The van der Waals surface area contributed by atoms with E-state index in [-0.39, 0.29) is 12.5 Å². The third kappa shape index (κ3) is 4.89. The fraction of sp³-hybridized carbons (Fsp3) is 0.350. The standard InChI is InChI=1S/C20H25NO4/c1-13(2)15-6-8-16(9-7-15)25-12-20(22)21-17-11-19(24-5)18(23-4)10-14(17)3/h6-11,13H,12H2,1-5H3,(H,21,22). The van der Waals surface area contributed by atoms with Gasteiger partial charge in [-0.25, -0.2) is 0 Å². The molecule has 2 aromatic carbocycles. The molecule has 0 saturated heterocycles. The van der Waals surface area contributed by atoms with Crippen molar-refractivity contribution in [1.29, 1.82) is 0 Å². The fourth-order valence-electron chi connectivity index (χ4n) is 2.40. The minimum Gasteiger partial charge on any atom is -0.493 e. The average molecular weight is 343 g/mol. The van der Waals surface area contributed by atoms with E-state index in [1.54, 1.807) is 20.3 Å². The smallest absolute Gasteiger partial charge is 0.262 e. The molecule has 2 rings (SSSR count). The minimum atomic E-state index is -0.233. The molecule has 0 heterocycles. The van der Waals surface area contributed by atoms with Crippen LogP contribution in [0.5, 0.6) is 17.2 Å². The van der Waals surface area contributed by atoms with Crippen LogP contribution in [0.4, 0.5) is 5.69 Å². The minimum absolute atomic E-state index is 0.0607. The number of benzene rings is 2. The number of carbonyl (C=O) groups is 1. The van der Waals surface area contributed by atoms with Gasteiger partial charge in [0, 0.05) is 11.8 Å². The quantitative estimate of drug-likeness (QED) is 0.820. The Labute approximate surface area is 148 Å². The zero-order chi connectivity index (χ0) is 18.4. The van der Waals surface area contributed by atoms with Crippen molar-refractivity contribution in [2.24, 2.45) is 0 Å². The largest absolute Gasteiger partial charge is 0.493 e. The first-order valence-corrected chi connectivity index (χ1v) is 8.19. The Hall–Kier alpha value is -2.69. The summed E-state index contributed by atoms with van der Waals surface area (Å²) in [5, 5.41) is 2.84. The molecule has 5 heteroatoms.